The molecular formula is C19H34. The third kappa shape index (κ3) is 2.88. The second kappa shape index (κ2) is 6.19. The van der Waals surface area contributed by atoms with Crippen molar-refractivity contribution >= 4 is 0 Å². The van der Waals surface area contributed by atoms with Crippen molar-refractivity contribution in [2.24, 2.45) is 23.2 Å². The lowest BCUT2D eigenvalue weighted by Crippen LogP contribution is -2.42. The highest BCUT2D eigenvalue weighted by Gasteiger charge is 2.46. The van der Waals surface area contributed by atoms with Gasteiger partial charge in [-0.15, -0.1) is 0 Å². The van der Waals surface area contributed by atoms with Gasteiger partial charge >= 0.3 is 0 Å². The molecule has 3 rings (SSSR count). The first-order valence-corrected chi connectivity index (χ1v) is 9.31. The van der Waals surface area contributed by atoms with Gasteiger partial charge in [-0.1, -0.05) is 58.3 Å². The molecule has 0 bridgehead atoms. The van der Waals surface area contributed by atoms with Crippen LogP contribution in [0.2, 0.25) is 0 Å². The molecule has 0 heterocycles. The molecule has 3 aliphatic carbocycles. The third-order valence-electron chi connectivity index (χ3n) is 7.03. The number of hydrogen-bond donors (Lipinski definition) is 0. The summed E-state index contributed by atoms with van der Waals surface area (Å²) in [5, 5.41) is 0. The van der Waals surface area contributed by atoms with E-state index in [1.54, 1.807) is 51.4 Å². The predicted octanol–water partition coefficient (Wildman–Crippen LogP) is 6.34. The average molecular weight is 262 g/mol. The molecule has 0 saturated heterocycles. The highest BCUT2D eigenvalue weighted by atomic mass is 14.5. The predicted molar refractivity (Wildman–Crippen MR) is 83.2 cm³/mol. The van der Waals surface area contributed by atoms with Crippen molar-refractivity contribution in [3.05, 3.63) is 0 Å². The van der Waals surface area contributed by atoms with Gasteiger partial charge in [-0.05, 0) is 61.7 Å². The second-order valence-electron chi connectivity index (χ2n) is 8.09. The van der Waals surface area contributed by atoms with Gasteiger partial charge in [0.2, 0.25) is 0 Å². The molecule has 0 radical (unpaired) electrons. The van der Waals surface area contributed by atoms with Crippen LogP contribution in [0.1, 0.15) is 96.8 Å². The second-order valence-corrected chi connectivity index (χ2v) is 8.09. The molecule has 19 heavy (non-hydrogen) atoms. The van der Waals surface area contributed by atoms with Crippen LogP contribution in [0.4, 0.5) is 0 Å². The van der Waals surface area contributed by atoms with Gasteiger partial charge in [0.05, 0.1) is 0 Å². The van der Waals surface area contributed by atoms with Crippen molar-refractivity contribution < 1.29 is 0 Å². The molecule has 0 spiro atoms. The van der Waals surface area contributed by atoms with Crippen LogP contribution in [0.5, 0.6) is 0 Å². The van der Waals surface area contributed by atoms with Gasteiger partial charge in [-0.25, -0.2) is 0 Å². The Hall–Kier alpha value is 0. The average Bonchev–Trinajstić information content (AvgIpc) is 2.49. The minimum absolute atomic E-state index is 0.804. The van der Waals surface area contributed by atoms with E-state index in [2.05, 4.69) is 6.92 Å². The third-order valence-corrected chi connectivity index (χ3v) is 7.03. The van der Waals surface area contributed by atoms with Crippen LogP contribution in [-0.4, -0.2) is 0 Å². The maximum atomic E-state index is 2.48. The molecule has 3 aliphatic rings. The van der Waals surface area contributed by atoms with Gasteiger partial charge in [0.1, 0.15) is 0 Å². The van der Waals surface area contributed by atoms with E-state index in [1.165, 1.54) is 38.5 Å². The molecule has 0 nitrogen and oxygen atoms in total. The van der Waals surface area contributed by atoms with Gasteiger partial charge in [0, 0.05) is 0 Å². The van der Waals surface area contributed by atoms with Crippen molar-refractivity contribution in [3.63, 3.8) is 0 Å². The summed E-state index contributed by atoms with van der Waals surface area (Å²) in [7, 11) is 0. The quantitative estimate of drug-likeness (QED) is 0.544. The van der Waals surface area contributed by atoms with Crippen LogP contribution < -0.4 is 0 Å². The highest BCUT2D eigenvalue weighted by molar-refractivity contribution is 4.96. The maximum absolute atomic E-state index is 2.48. The molecule has 3 fully saturated rings. The minimum atomic E-state index is 0.804. The normalized spacial score (nSPS) is 37.1. The van der Waals surface area contributed by atoms with E-state index in [9.17, 15) is 0 Å². The van der Waals surface area contributed by atoms with E-state index in [0.29, 0.717) is 0 Å². The summed E-state index contributed by atoms with van der Waals surface area (Å²) in [5.74, 6) is 3.23. The molecule has 0 amide bonds. The molecule has 0 aromatic heterocycles. The van der Waals surface area contributed by atoms with E-state index >= 15 is 0 Å². The molecule has 0 heteroatoms. The van der Waals surface area contributed by atoms with Crippen LogP contribution >= 0.6 is 0 Å². The van der Waals surface area contributed by atoms with Gasteiger partial charge < -0.3 is 0 Å². The summed E-state index contributed by atoms with van der Waals surface area (Å²) in [6.45, 7) is 2.48. The number of rotatable bonds is 2. The molecule has 0 aromatic rings. The molecule has 0 aliphatic heterocycles. The first-order chi connectivity index (χ1) is 9.31. The Labute approximate surface area is 120 Å². The Kier molecular flexibility index (Phi) is 4.54. The standard InChI is InChI=1S/C19H34/c1-16-10-12-18(13-11-16)19(14-6-3-7-15-19)17-8-4-2-5-9-17/h16-18H,2-15H2,1H3. The minimum Gasteiger partial charge on any atom is -0.0625 e. The van der Waals surface area contributed by atoms with Gasteiger partial charge in [0.25, 0.3) is 0 Å². The summed E-state index contributed by atoms with van der Waals surface area (Å²) in [4.78, 5) is 0. The molecule has 0 N–H and O–H groups in total. The first-order valence-electron chi connectivity index (χ1n) is 9.31. The summed E-state index contributed by atoms with van der Waals surface area (Å²) in [6, 6.07) is 0. The number of hydrogen-bond acceptors (Lipinski definition) is 0. The van der Waals surface area contributed by atoms with Gasteiger partial charge in [0.15, 0.2) is 0 Å². The summed E-state index contributed by atoms with van der Waals surface area (Å²) >= 11 is 0. The SMILES string of the molecule is CC1CCC(C2(C3CCCCC3)CCCCC2)CC1. The Morgan fingerprint density at radius 3 is 1.74 bits per heavy atom. The van der Waals surface area contributed by atoms with E-state index in [-0.39, 0.29) is 0 Å². The van der Waals surface area contributed by atoms with Gasteiger partial charge in [-0.2, -0.15) is 0 Å². The van der Waals surface area contributed by atoms with Crippen molar-refractivity contribution in [2.45, 2.75) is 96.8 Å². The lowest BCUT2D eigenvalue weighted by atomic mass is 9.53. The summed E-state index contributed by atoms with van der Waals surface area (Å²) < 4.78 is 0. The lowest BCUT2D eigenvalue weighted by molar-refractivity contribution is -0.0178. The summed E-state index contributed by atoms with van der Waals surface area (Å²) in [6.07, 6.45) is 21.7. The molecular weight excluding hydrogens is 228 g/mol. The molecule has 3 saturated carbocycles. The van der Waals surface area contributed by atoms with Crippen LogP contribution in [0.15, 0.2) is 0 Å². The first kappa shape index (κ1) is 14.0. The van der Waals surface area contributed by atoms with Crippen LogP contribution in [-0.2, 0) is 0 Å². The van der Waals surface area contributed by atoms with Crippen molar-refractivity contribution in [1.29, 1.82) is 0 Å². The Balaban J connectivity index is 1.75. The van der Waals surface area contributed by atoms with E-state index < -0.39 is 0 Å². The zero-order valence-electron chi connectivity index (χ0n) is 13.1. The summed E-state index contributed by atoms with van der Waals surface area (Å²) in [5.41, 5.74) is 0.804. The van der Waals surface area contributed by atoms with Crippen molar-refractivity contribution in [2.75, 3.05) is 0 Å². The topological polar surface area (TPSA) is 0 Å². The maximum Gasteiger partial charge on any atom is -0.0241 e. The van der Waals surface area contributed by atoms with Crippen LogP contribution in [0.3, 0.4) is 0 Å². The van der Waals surface area contributed by atoms with Crippen LogP contribution in [0.25, 0.3) is 0 Å². The van der Waals surface area contributed by atoms with Gasteiger partial charge in [-0.3, -0.25) is 0 Å². The Bertz CT molecular complexity index is 260. The van der Waals surface area contributed by atoms with E-state index in [0.717, 1.165) is 23.2 Å². The zero-order chi connectivity index (χ0) is 13.1. The van der Waals surface area contributed by atoms with E-state index in [1.807, 2.05) is 0 Å². The van der Waals surface area contributed by atoms with E-state index in [4.69, 9.17) is 0 Å². The zero-order valence-corrected chi connectivity index (χ0v) is 13.1. The Morgan fingerprint density at radius 1 is 0.579 bits per heavy atom. The molecule has 0 atom stereocenters. The monoisotopic (exact) mass is 262 g/mol. The molecule has 0 aromatic carbocycles. The Morgan fingerprint density at radius 2 is 1.11 bits per heavy atom. The highest BCUT2D eigenvalue weighted by Crippen LogP contribution is 2.56. The largest absolute Gasteiger partial charge is 0.0625 e. The van der Waals surface area contributed by atoms with Crippen molar-refractivity contribution in [1.82, 2.24) is 0 Å². The molecule has 110 valence electrons. The fourth-order valence-electron chi connectivity index (χ4n) is 5.87. The fourth-order valence-corrected chi connectivity index (χ4v) is 5.87. The lowest BCUT2D eigenvalue weighted by Gasteiger charge is -2.52. The smallest absolute Gasteiger partial charge is 0.0241 e. The molecule has 0 unspecified atom stereocenters. The van der Waals surface area contributed by atoms with Crippen LogP contribution in [0, 0.1) is 23.2 Å². The van der Waals surface area contributed by atoms with Crippen molar-refractivity contribution in [3.8, 4) is 0 Å². The fraction of sp³-hybridized carbons (Fsp3) is 1.00.